The molecule has 0 unspecified atom stereocenters. The molecular weight excluding hydrogens is 321 g/mol. The van der Waals surface area contributed by atoms with Gasteiger partial charge in [-0.3, -0.25) is 5.41 Å². The van der Waals surface area contributed by atoms with Crippen LogP contribution in [0.15, 0.2) is 24.3 Å². The Morgan fingerprint density at radius 2 is 1.94 bits per heavy atom. The number of alkyl halides is 3. The Morgan fingerprint density at radius 1 is 1.35 bits per heavy atom. The molecule has 0 aliphatic carbocycles. The highest BCUT2D eigenvalue weighted by atomic mass is 79.9. The molecule has 0 aliphatic heterocycles. The third-order valence-electron chi connectivity index (χ3n) is 1.58. The number of ether oxygens (including phenoxy) is 1. The van der Waals surface area contributed by atoms with Crippen LogP contribution in [0.1, 0.15) is 5.56 Å². The van der Waals surface area contributed by atoms with Crippen molar-refractivity contribution >= 4 is 33.9 Å². The lowest BCUT2D eigenvalue weighted by atomic mass is 10.2. The number of thioether (sulfide) groups is 1. The van der Waals surface area contributed by atoms with Gasteiger partial charge in [-0.25, -0.2) is 0 Å². The number of halogens is 4. The van der Waals surface area contributed by atoms with Crippen LogP contribution in [-0.2, 0) is 5.75 Å². The number of nitrogens with one attached hydrogen (secondary N) is 1. The first-order valence-corrected chi connectivity index (χ1v) is 5.17. The Bertz CT molecular complexity index is 387. The average molecular weight is 331 g/mol. The molecule has 3 nitrogen and oxygen atoms in total. The molecule has 17 heavy (non-hydrogen) atoms. The van der Waals surface area contributed by atoms with E-state index >= 15 is 0 Å². The first-order valence-electron chi connectivity index (χ1n) is 4.19. The van der Waals surface area contributed by atoms with Crippen molar-refractivity contribution in [3.63, 3.8) is 0 Å². The van der Waals surface area contributed by atoms with Gasteiger partial charge in [-0.2, -0.15) is 0 Å². The van der Waals surface area contributed by atoms with Gasteiger partial charge in [0.2, 0.25) is 0 Å². The zero-order valence-electron chi connectivity index (χ0n) is 8.45. The first kappa shape index (κ1) is 16.1. The minimum absolute atomic E-state index is 0. The molecular formula is C9H10BrF3N2OS. The van der Waals surface area contributed by atoms with Gasteiger partial charge in [0.15, 0.2) is 5.17 Å². The summed E-state index contributed by atoms with van der Waals surface area (Å²) in [4.78, 5) is 0. The maximum absolute atomic E-state index is 12.0. The van der Waals surface area contributed by atoms with E-state index in [1.165, 1.54) is 18.2 Å². The van der Waals surface area contributed by atoms with E-state index in [4.69, 9.17) is 11.1 Å². The van der Waals surface area contributed by atoms with Crippen LogP contribution in [0.25, 0.3) is 0 Å². The Morgan fingerprint density at radius 3 is 2.47 bits per heavy atom. The van der Waals surface area contributed by atoms with Crippen molar-refractivity contribution in [1.82, 2.24) is 0 Å². The number of rotatable bonds is 3. The van der Waals surface area contributed by atoms with Gasteiger partial charge in [-0.1, -0.05) is 30.0 Å². The first-order chi connectivity index (χ1) is 7.38. The normalized spacial score (nSPS) is 10.5. The number of nitrogens with two attached hydrogens (primary N) is 1. The van der Waals surface area contributed by atoms with E-state index in [1.807, 2.05) is 0 Å². The highest BCUT2D eigenvalue weighted by molar-refractivity contribution is 8.93. The van der Waals surface area contributed by atoms with E-state index in [-0.39, 0.29) is 33.7 Å². The molecule has 0 aromatic heterocycles. The van der Waals surface area contributed by atoms with Crippen LogP contribution in [0.2, 0.25) is 0 Å². The summed E-state index contributed by atoms with van der Waals surface area (Å²) < 4.78 is 39.9. The van der Waals surface area contributed by atoms with E-state index in [0.29, 0.717) is 5.56 Å². The molecule has 0 fully saturated rings. The summed E-state index contributed by atoms with van der Waals surface area (Å²) in [6.07, 6.45) is -4.71. The average Bonchev–Trinajstić information content (AvgIpc) is 2.14. The van der Waals surface area contributed by atoms with Crippen LogP contribution in [0.3, 0.4) is 0 Å². The third-order valence-corrected chi connectivity index (χ3v) is 2.35. The summed E-state index contributed by atoms with van der Waals surface area (Å²) in [5.41, 5.74) is 5.45. The maximum atomic E-state index is 12.0. The Labute approximate surface area is 111 Å². The molecule has 1 aromatic carbocycles. The van der Waals surface area contributed by atoms with E-state index in [2.05, 4.69) is 4.74 Å². The SMILES string of the molecule is Br.N=C(N)SCc1ccccc1OC(F)(F)F. The lowest BCUT2D eigenvalue weighted by Crippen LogP contribution is -2.18. The van der Waals surface area contributed by atoms with Crippen molar-refractivity contribution in [3.8, 4) is 5.75 Å². The van der Waals surface area contributed by atoms with Crippen molar-refractivity contribution in [2.75, 3.05) is 0 Å². The van der Waals surface area contributed by atoms with Gasteiger partial charge in [0.25, 0.3) is 0 Å². The number of hydrogen-bond acceptors (Lipinski definition) is 3. The molecule has 0 saturated carbocycles. The topological polar surface area (TPSA) is 59.1 Å². The van der Waals surface area contributed by atoms with E-state index in [9.17, 15) is 13.2 Å². The van der Waals surface area contributed by atoms with Gasteiger partial charge in [0.05, 0.1) is 0 Å². The Kier molecular flexibility index (Phi) is 6.40. The molecule has 0 bridgehead atoms. The standard InChI is InChI=1S/C9H9F3N2OS.BrH/c10-9(11,12)15-7-4-2-1-3-6(7)5-16-8(13)14;/h1-4H,5H2,(H3,13,14);1H. The third kappa shape index (κ3) is 6.42. The molecule has 8 heteroatoms. The molecule has 1 rings (SSSR count). The fraction of sp³-hybridized carbons (Fsp3) is 0.222. The van der Waals surface area contributed by atoms with Gasteiger partial charge in [-0.15, -0.1) is 30.2 Å². The van der Waals surface area contributed by atoms with Gasteiger partial charge in [-0.05, 0) is 6.07 Å². The van der Waals surface area contributed by atoms with Crippen LogP contribution in [0, 0.1) is 5.41 Å². The van der Waals surface area contributed by atoms with Crippen LogP contribution in [0.4, 0.5) is 13.2 Å². The van der Waals surface area contributed by atoms with E-state index in [1.54, 1.807) is 6.07 Å². The summed E-state index contributed by atoms with van der Waals surface area (Å²) in [6.45, 7) is 0. The van der Waals surface area contributed by atoms with Crippen LogP contribution in [0.5, 0.6) is 5.75 Å². The number of benzene rings is 1. The van der Waals surface area contributed by atoms with Crippen molar-refractivity contribution < 1.29 is 17.9 Å². The molecule has 0 amide bonds. The van der Waals surface area contributed by atoms with Crippen LogP contribution >= 0.6 is 28.7 Å². The Hall–Kier alpha value is -0.890. The van der Waals surface area contributed by atoms with E-state index < -0.39 is 6.36 Å². The quantitative estimate of drug-likeness (QED) is 0.660. The molecule has 0 aliphatic rings. The van der Waals surface area contributed by atoms with Crippen LogP contribution in [-0.4, -0.2) is 11.5 Å². The van der Waals surface area contributed by atoms with Crippen molar-refractivity contribution in [3.05, 3.63) is 29.8 Å². The largest absolute Gasteiger partial charge is 0.573 e. The van der Waals surface area contributed by atoms with Crippen LogP contribution < -0.4 is 10.5 Å². The smallest absolute Gasteiger partial charge is 0.405 e. The minimum atomic E-state index is -4.71. The van der Waals surface area contributed by atoms with Gasteiger partial charge in [0.1, 0.15) is 5.75 Å². The van der Waals surface area contributed by atoms with Crippen molar-refractivity contribution in [2.24, 2.45) is 5.73 Å². The lowest BCUT2D eigenvalue weighted by Gasteiger charge is -2.12. The number of amidine groups is 1. The Balaban J connectivity index is 0.00000256. The molecule has 96 valence electrons. The molecule has 1 aromatic rings. The predicted octanol–water partition coefficient (Wildman–Crippen LogP) is 3.29. The molecule has 0 radical (unpaired) electrons. The molecule has 0 heterocycles. The van der Waals surface area contributed by atoms with Gasteiger partial charge < -0.3 is 10.5 Å². The second-order valence-electron chi connectivity index (χ2n) is 2.81. The van der Waals surface area contributed by atoms with Gasteiger partial charge in [0, 0.05) is 11.3 Å². The van der Waals surface area contributed by atoms with Crippen molar-refractivity contribution in [2.45, 2.75) is 12.1 Å². The fourth-order valence-electron chi connectivity index (χ4n) is 1.00. The second-order valence-corrected chi connectivity index (χ2v) is 3.83. The summed E-state index contributed by atoms with van der Waals surface area (Å²) in [7, 11) is 0. The lowest BCUT2D eigenvalue weighted by molar-refractivity contribution is -0.274. The molecule has 0 saturated heterocycles. The fourth-order valence-corrected chi connectivity index (χ4v) is 1.55. The molecule has 3 N–H and O–H groups in total. The van der Waals surface area contributed by atoms with E-state index in [0.717, 1.165) is 11.8 Å². The monoisotopic (exact) mass is 330 g/mol. The van der Waals surface area contributed by atoms with Gasteiger partial charge >= 0.3 is 6.36 Å². The summed E-state index contributed by atoms with van der Waals surface area (Å²) in [6, 6.07) is 5.77. The maximum Gasteiger partial charge on any atom is 0.573 e. The summed E-state index contributed by atoms with van der Waals surface area (Å²) in [5, 5.41) is 6.82. The minimum Gasteiger partial charge on any atom is -0.405 e. The highest BCUT2D eigenvalue weighted by Crippen LogP contribution is 2.28. The molecule has 0 atom stereocenters. The number of hydrogen-bond donors (Lipinski definition) is 2. The summed E-state index contributed by atoms with van der Waals surface area (Å²) >= 11 is 0.938. The predicted molar refractivity (Wildman–Crippen MR) is 66.7 cm³/mol. The molecule has 0 spiro atoms. The summed E-state index contributed by atoms with van der Waals surface area (Å²) in [5.74, 6) is -0.0922. The second kappa shape index (κ2) is 6.75. The zero-order valence-corrected chi connectivity index (χ0v) is 11.0. The number of para-hydroxylation sites is 1. The zero-order chi connectivity index (χ0) is 12.2. The highest BCUT2D eigenvalue weighted by Gasteiger charge is 2.31. The van der Waals surface area contributed by atoms with Crippen molar-refractivity contribution in [1.29, 1.82) is 5.41 Å².